The monoisotopic (exact) mass is 290 g/mol. The van der Waals surface area contributed by atoms with Crippen molar-refractivity contribution in [1.82, 2.24) is 9.80 Å². The molecule has 1 amide bonds. The van der Waals surface area contributed by atoms with Crippen molar-refractivity contribution < 1.29 is 9.18 Å². The lowest BCUT2D eigenvalue weighted by Gasteiger charge is -2.38. The Morgan fingerprint density at radius 1 is 1.14 bits per heavy atom. The van der Waals surface area contributed by atoms with Gasteiger partial charge in [0.25, 0.3) is 0 Å². The molecule has 114 valence electrons. The van der Waals surface area contributed by atoms with Crippen molar-refractivity contribution >= 4 is 5.91 Å². The summed E-state index contributed by atoms with van der Waals surface area (Å²) in [5, 5.41) is 0. The molecule has 0 spiro atoms. The molecule has 0 N–H and O–H groups in total. The molecule has 2 aliphatic rings. The van der Waals surface area contributed by atoms with E-state index in [0.29, 0.717) is 11.8 Å². The summed E-state index contributed by atoms with van der Waals surface area (Å²) in [6.45, 7) is 4.34. The van der Waals surface area contributed by atoms with Crippen LogP contribution >= 0.6 is 0 Å². The Bertz CT molecular complexity index is 493. The van der Waals surface area contributed by atoms with Crippen LogP contribution in [-0.2, 0) is 11.2 Å². The van der Waals surface area contributed by atoms with Gasteiger partial charge in [0.05, 0.1) is 0 Å². The van der Waals surface area contributed by atoms with Gasteiger partial charge < -0.3 is 4.90 Å². The van der Waals surface area contributed by atoms with Gasteiger partial charge in [0, 0.05) is 38.6 Å². The predicted molar refractivity (Wildman–Crippen MR) is 80.5 cm³/mol. The summed E-state index contributed by atoms with van der Waals surface area (Å²) < 4.78 is 13.6. The number of nitrogens with zero attached hydrogens (tertiary/aromatic N) is 2. The summed E-state index contributed by atoms with van der Waals surface area (Å²) in [6, 6.07) is 6.98. The first-order valence-corrected chi connectivity index (χ1v) is 7.98. The van der Waals surface area contributed by atoms with Gasteiger partial charge in [-0.2, -0.15) is 0 Å². The number of hydrogen-bond donors (Lipinski definition) is 0. The number of rotatable bonds is 4. The summed E-state index contributed by atoms with van der Waals surface area (Å²) in [4.78, 5) is 16.5. The second-order valence-corrected chi connectivity index (χ2v) is 6.14. The lowest BCUT2D eigenvalue weighted by Crippen LogP contribution is -2.51. The van der Waals surface area contributed by atoms with Gasteiger partial charge in [-0.05, 0) is 30.9 Å². The van der Waals surface area contributed by atoms with Crippen LogP contribution in [0.15, 0.2) is 24.3 Å². The Hall–Kier alpha value is -1.42. The van der Waals surface area contributed by atoms with Gasteiger partial charge >= 0.3 is 0 Å². The zero-order valence-electron chi connectivity index (χ0n) is 12.4. The Balaban J connectivity index is 1.43. The van der Waals surface area contributed by atoms with Gasteiger partial charge in [0.15, 0.2) is 0 Å². The molecule has 1 saturated heterocycles. The molecule has 0 bridgehead atoms. The molecule has 4 heteroatoms. The van der Waals surface area contributed by atoms with Gasteiger partial charge in [0.1, 0.15) is 5.82 Å². The highest BCUT2D eigenvalue weighted by atomic mass is 19.1. The molecule has 1 aromatic rings. The number of piperazine rings is 1. The van der Waals surface area contributed by atoms with E-state index in [1.54, 1.807) is 6.07 Å². The molecule has 0 radical (unpaired) electrons. The molecule has 1 saturated carbocycles. The van der Waals surface area contributed by atoms with Crippen LogP contribution < -0.4 is 0 Å². The fraction of sp³-hybridized carbons (Fsp3) is 0.588. The molecule has 3 rings (SSSR count). The van der Waals surface area contributed by atoms with Crippen molar-refractivity contribution in [3.63, 3.8) is 0 Å². The minimum atomic E-state index is -0.115. The van der Waals surface area contributed by atoms with E-state index in [-0.39, 0.29) is 5.82 Å². The minimum absolute atomic E-state index is 0.115. The van der Waals surface area contributed by atoms with E-state index in [2.05, 4.69) is 4.90 Å². The van der Waals surface area contributed by atoms with Gasteiger partial charge in [-0.15, -0.1) is 0 Å². The van der Waals surface area contributed by atoms with E-state index >= 15 is 0 Å². The summed E-state index contributed by atoms with van der Waals surface area (Å²) in [5.74, 6) is 0.543. The van der Waals surface area contributed by atoms with Gasteiger partial charge in [-0.3, -0.25) is 9.69 Å². The highest BCUT2D eigenvalue weighted by molar-refractivity contribution is 5.79. The van der Waals surface area contributed by atoms with E-state index in [4.69, 9.17) is 0 Å². The molecule has 1 aliphatic carbocycles. The second-order valence-electron chi connectivity index (χ2n) is 6.14. The molecular formula is C17H23FN2O. The SMILES string of the molecule is O=C(C1CCC1)N1CCN(CCc2ccccc2F)CC1. The quantitative estimate of drug-likeness (QED) is 0.849. The Morgan fingerprint density at radius 2 is 1.86 bits per heavy atom. The molecule has 1 aliphatic heterocycles. The van der Waals surface area contributed by atoms with Crippen LogP contribution in [0, 0.1) is 11.7 Å². The third kappa shape index (κ3) is 3.43. The lowest BCUT2D eigenvalue weighted by atomic mass is 9.84. The van der Waals surface area contributed by atoms with Crippen molar-refractivity contribution in [1.29, 1.82) is 0 Å². The first-order valence-electron chi connectivity index (χ1n) is 7.98. The van der Waals surface area contributed by atoms with E-state index in [9.17, 15) is 9.18 Å². The van der Waals surface area contributed by atoms with Crippen LogP contribution in [0.4, 0.5) is 4.39 Å². The van der Waals surface area contributed by atoms with Crippen LogP contribution in [0.25, 0.3) is 0 Å². The minimum Gasteiger partial charge on any atom is -0.340 e. The van der Waals surface area contributed by atoms with Crippen LogP contribution in [0.2, 0.25) is 0 Å². The second kappa shape index (κ2) is 6.56. The summed E-state index contributed by atoms with van der Waals surface area (Å²) in [5.41, 5.74) is 0.783. The largest absolute Gasteiger partial charge is 0.340 e. The van der Waals surface area contributed by atoms with Gasteiger partial charge in [-0.25, -0.2) is 4.39 Å². The first kappa shape index (κ1) is 14.5. The summed E-state index contributed by atoms with van der Waals surface area (Å²) in [6.07, 6.45) is 4.10. The molecule has 0 aromatic heterocycles. The van der Waals surface area contributed by atoms with Crippen molar-refractivity contribution in [2.45, 2.75) is 25.7 Å². The Kier molecular flexibility index (Phi) is 4.54. The number of hydrogen-bond acceptors (Lipinski definition) is 2. The maximum Gasteiger partial charge on any atom is 0.225 e. The Labute approximate surface area is 125 Å². The third-order valence-electron chi connectivity index (χ3n) is 4.79. The lowest BCUT2D eigenvalue weighted by molar-refractivity contribution is -0.139. The predicted octanol–water partition coefficient (Wildman–Crippen LogP) is 2.31. The van der Waals surface area contributed by atoms with E-state index in [1.165, 1.54) is 12.5 Å². The van der Waals surface area contributed by atoms with E-state index in [0.717, 1.165) is 57.5 Å². The zero-order chi connectivity index (χ0) is 14.7. The normalized spacial score (nSPS) is 20.3. The molecule has 0 atom stereocenters. The van der Waals surface area contributed by atoms with E-state index < -0.39 is 0 Å². The standard InChI is InChI=1S/C17H23FN2O/c18-16-7-2-1-4-14(16)8-9-19-10-12-20(13-11-19)17(21)15-5-3-6-15/h1-2,4,7,15H,3,5-6,8-13H2. The van der Waals surface area contributed by atoms with Crippen LogP contribution in [0.5, 0.6) is 0 Å². The fourth-order valence-electron chi connectivity index (χ4n) is 3.08. The number of benzene rings is 1. The number of amides is 1. The maximum atomic E-state index is 13.6. The number of halogens is 1. The highest BCUT2D eigenvalue weighted by Gasteiger charge is 2.30. The molecule has 0 unspecified atom stereocenters. The average molecular weight is 290 g/mol. The van der Waals surface area contributed by atoms with Gasteiger partial charge in [-0.1, -0.05) is 24.6 Å². The first-order chi connectivity index (χ1) is 10.2. The number of carbonyl (C=O) groups is 1. The zero-order valence-corrected chi connectivity index (χ0v) is 12.4. The molecule has 1 aromatic carbocycles. The maximum absolute atomic E-state index is 13.6. The number of carbonyl (C=O) groups excluding carboxylic acids is 1. The van der Waals surface area contributed by atoms with Gasteiger partial charge in [0.2, 0.25) is 5.91 Å². The molecule has 2 fully saturated rings. The molecule has 3 nitrogen and oxygen atoms in total. The van der Waals surface area contributed by atoms with Crippen molar-refractivity contribution in [3.8, 4) is 0 Å². The van der Waals surface area contributed by atoms with E-state index in [1.807, 2.05) is 17.0 Å². The summed E-state index contributed by atoms with van der Waals surface area (Å²) >= 11 is 0. The molecule has 1 heterocycles. The summed E-state index contributed by atoms with van der Waals surface area (Å²) in [7, 11) is 0. The highest BCUT2D eigenvalue weighted by Crippen LogP contribution is 2.28. The molecular weight excluding hydrogens is 267 g/mol. The van der Waals surface area contributed by atoms with Crippen LogP contribution in [0.3, 0.4) is 0 Å². The Morgan fingerprint density at radius 3 is 2.48 bits per heavy atom. The smallest absolute Gasteiger partial charge is 0.225 e. The third-order valence-corrected chi connectivity index (χ3v) is 4.79. The van der Waals surface area contributed by atoms with Crippen LogP contribution in [0.1, 0.15) is 24.8 Å². The fourth-order valence-corrected chi connectivity index (χ4v) is 3.08. The van der Waals surface area contributed by atoms with Crippen molar-refractivity contribution in [2.75, 3.05) is 32.7 Å². The molecule has 21 heavy (non-hydrogen) atoms. The van der Waals surface area contributed by atoms with Crippen LogP contribution in [-0.4, -0.2) is 48.4 Å². The van der Waals surface area contributed by atoms with Crippen molar-refractivity contribution in [3.05, 3.63) is 35.6 Å². The average Bonchev–Trinajstić information content (AvgIpc) is 2.45. The van der Waals surface area contributed by atoms with Crippen molar-refractivity contribution in [2.24, 2.45) is 5.92 Å². The topological polar surface area (TPSA) is 23.6 Å².